The van der Waals surface area contributed by atoms with Crippen LogP contribution in [0, 0.1) is 6.92 Å². The van der Waals surface area contributed by atoms with Gasteiger partial charge >= 0.3 is 0 Å². The Morgan fingerprint density at radius 1 is 1.78 bits per heavy atom. The van der Waals surface area contributed by atoms with Crippen LogP contribution in [0.1, 0.15) is 12.6 Å². The van der Waals surface area contributed by atoms with Gasteiger partial charge in [-0.25, -0.2) is 0 Å². The Bertz CT molecular complexity index is 183. The minimum absolute atomic E-state index is 0.775. The highest BCUT2D eigenvalue weighted by atomic mass is 15.3. The van der Waals surface area contributed by atoms with Crippen molar-refractivity contribution in [2.45, 2.75) is 20.4 Å². The Morgan fingerprint density at radius 3 is 2.67 bits per heavy atom. The largest absolute Gasteiger partial charge is 0.396 e. The first kappa shape index (κ1) is 6.13. The molecule has 0 aliphatic heterocycles. The van der Waals surface area contributed by atoms with Crippen molar-refractivity contribution in [3.05, 3.63) is 11.9 Å². The van der Waals surface area contributed by atoms with Crippen LogP contribution in [0.5, 0.6) is 0 Å². The number of nitrogen functional groups attached to an aromatic ring is 1. The van der Waals surface area contributed by atoms with Gasteiger partial charge in [-0.1, -0.05) is 0 Å². The second kappa shape index (κ2) is 2.09. The van der Waals surface area contributed by atoms with Crippen molar-refractivity contribution < 1.29 is 0 Å². The molecule has 0 saturated heterocycles. The van der Waals surface area contributed by atoms with Gasteiger partial charge in [0.25, 0.3) is 0 Å². The number of nitrogens with two attached hydrogens (primary N) is 1. The third kappa shape index (κ3) is 1.04. The van der Waals surface area contributed by atoms with Crippen LogP contribution in [0.15, 0.2) is 6.20 Å². The second-order valence-electron chi connectivity index (χ2n) is 2.03. The maximum atomic E-state index is 5.53. The minimum atomic E-state index is 0.775. The SMILES string of the molecule is CCn1cc(N)c(C)n1. The molecular formula is C6H11N3. The zero-order chi connectivity index (χ0) is 6.85. The summed E-state index contributed by atoms with van der Waals surface area (Å²) in [5, 5.41) is 4.12. The first-order chi connectivity index (χ1) is 4.24. The number of rotatable bonds is 1. The summed E-state index contributed by atoms with van der Waals surface area (Å²) < 4.78 is 1.82. The second-order valence-corrected chi connectivity index (χ2v) is 2.03. The quantitative estimate of drug-likeness (QED) is 0.603. The van der Waals surface area contributed by atoms with Crippen molar-refractivity contribution >= 4 is 5.69 Å². The zero-order valence-electron chi connectivity index (χ0n) is 5.76. The fraction of sp³-hybridized carbons (Fsp3) is 0.500. The van der Waals surface area contributed by atoms with Gasteiger partial charge in [-0.2, -0.15) is 5.10 Å². The average molecular weight is 125 g/mol. The molecule has 0 bridgehead atoms. The van der Waals surface area contributed by atoms with Crippen LogP contribution in [-0.4, -0.2) is 9.78 Å². The normalized spacial score (nSPS) is 10.0. The number of aromatic nitrogens is 2. The number of aryl methyl sites for hydroxylation is 2. The fourth-order valence-electron chi connectivity index (χ4n) is 0.695. The van der Waals surface area contributed by atoms with Crippen molar-refractivity contribution in [3.8, 4) is 0 Å². The lowest BCUT2D eigenvalue weighted by molar-refractivity contribution is 0.653. The van der Waals surface area contributed by atoms with E-state index < -0.39 is 0 Å². The maximum absolute atomic E-state index is 5.53. The van der Waals surface area contributed by atoms with Gasteiger partial charge in [-0.15, -0.1) is 0 Å². The Hall–Kier alpha value is -0.990. The van der Waals surface area contributed by atoms with E-state index in [-0.39, 0.29) is 0 Å². The monoisotopic (exact) mass is 125 g/mol. The van der Waals surface area contributed by atoms with Crippen molar-refractivity contribution in [2.24, 2.45) is 0 Å². The lowest BCUT2D eigenvalue weighted by Gasteiger charge is -1.88. The number of hydrogen-bond acceptors (Lipinski definition) is 2. The molecule has 0 aliphatic carbocycles. The Labute approximate surface area is 54.5 Å². The predicted octanol–water partition coefficient (Wildman–Crippen LogP) is 0.794. The highest BCUT2D eigenvalue weighted by Crippen LogP contribution is 2.05. The van der Waals surface area contributed by atoms with Crippen LogP contribution in [-0.2, 0) is 6.54 Å². The minimum Gasteiger partial charge on any atom is -0.396 e. The topological polar surface area (TPSA) is 43.8 Å². The number of anilines is 1. The highest BCUT2D eigenvalue weighted by molar-refractivity contribution is 5.39. The van der Waals surface area contributed by atoms with Gasteiger partial charge in [0.15, 0.2) is 0 Å². The summed E-state index contributed by atoms with van der Waals surface area (Å²) in [5.74, 6) is 0. The van der Waals surface area contributed by atoms with Crippen molar-refractivity contribution in [1.29, 1.82) is 0 Å². The van der Waals surface area contributed by atoms with E-state index in [0.29, 0.717) is 0 Å². The zero-order valence-corrected chi connectivity index (χ0v) is 5.76. The molecule has 0 aliphatic rings. The maximum Gasteiger partial charge on any atom is 0.0822 e. The molecule has 9 heavy (non-hydrogen) atoms. The van der Waals surface area contributed by atoms with E-state index in [2.05, 4.69) is 5.10 Å². The predicted molar refractivity (Wildman–Crippen MR) is 37.1 cm³/mol. The van der Waals surface area contributed by atoms with E-state index in [1.54, 1.807) is 0 Å². The number of hydrogen-bond donors (Lipinski definition) is 1. The molecule has 2 N–H and O–H groups in total. The fourth-order valence-corrected chi connectivity index (χ4v) is 0.695. The van der Waals surface area contributed by atoms with Crippen LogP contribution in [0.4, 0.5) is 5.69 Å². The van der Waals surface area contributed by atoms with E-state index in [1.807, 2.05) is 24.7 Å². The summed E-state index contributed by atoms with van der Waals surface area (Å²) >= 11 is 0. The van der Waals surface area contributed by atoms with E-state index in [1.165, 1.54) is 0 Å². The molecule has 0 spiro atoms. The molecule has 0 unspecified atom stereocenters. The molecule has 50 valence electrons. The molecule has 0 radical (unpaired) electrons. The van der Waals surface area contributed by atoms with Crippen molar-refractivity contribution in [3.63, 3.8) is 0 Å². The lowest BCUT2D eigenvalue weighted by atomic mass is 10.4. The Morgan fingerprint density at radius 2 is 2.44 bits per heavy atom. The van der Waals surface area contributed by atoms with E-state index >= 15 is 0 Å². The summed E-state index contributed by atoms with van der Waals surface area (Å²) in [6.07, 6.45) is 1.84. The van der Waals surface area contributed by atoms with Gasteiger partial charge < -0.3 is 5.73 Å². The van der Waals surface area contributed by atoms with Gasteiger partial charge in [-0.05, 0) is 13.8 Å². The Balaban J connectivity index is 2.98. The van der Waals surface area contributed by atoms with Crippen molar-refractivity contribution in [2.75, 3.05) is 5.73 Å². The summed E-state index contributed by atoms with van der Waals surface area (Å²) in [7, 11) is 0. The molecule has 0 fully saturated rings. The van der Waals surface area contributed by atoms with Gasteiger partial charge in [0.05, 0.1) is 11.4 Å². The summed E-state index contributed by atoms with van der Waals surface area (Å²) in [6.45, 7) is 4.82. The third-order valence-electron chi connectivity index (χ3n) is 1.31. The Kier molecular flexibility index (Phi) is 1.42. The van der Waals surface area contributed by atoms with Gasteiger partial charge in [0.1, 0.15) is 0 Å². The van der Waals surface area contributed by atoms with E-state index in [9.17, 15) is 0 Å². The molecular weight excluding hydrogens is 114 g/mol. The van der Waals surface area contributed by atoms with Crippen LogP contribution >= 0.6 is 0 Å². The third-order valence-corrected chi connectivity index (χ3v) is 1.31. The van der Waals surface area contributed by atoms with Crippen LogP contribution < -0.4 is 5.73 Å². The molecule has 0 atom stereocenters. The molecule has 1 heterocycles. The smallest absolute Gasteiger partial charge is 0.0822 e. The van der Waals surface area contributed by atoms with Crippen molar-refractivity contribution in [1.82, 2.24) is 9.78 Å². The summed E-state index contributed by atoms with van der Waals surface area (Å²) in [6, 6.07) is 0. The van der Waals surface area contributed by atoms with Gasteiger partial charge in [-0.3, -0.25) is 4.68 Å². The van der Waals surface area contributed by atoms with Gasteiger partial charge in [0, 0.05) is 12.7 Å². The molecule has 3 heteroatoms. The number of nitrogens with zero attached hydrogens (tertiary/aromatic N) is 2. The average Bonchev–Trinajstić information content (AvgIpc) is 2.13. The molecule has 1 rings (SSSR count). The highest BCUT2D eigenvalue weighted by Gasteiger charge is 1.96. The summed E-state index contributed by atoms with van der Waals surface area (Å²) in [5.41, 5.74) is 7.22. The molecule has 3 nitrogen and oxygen atoms in total. The molecule has 1 aromatic heterocycles. The molecule has 0 aromatic carbocycles. The summed E-state index contributed by atoms with van der Waals surface area (Å²) in [4.78, 5) is 0. The van der Waals surface area contributed by atoms with Gasteiger partial charge in [0.2, 0.25) is 0 Å². The van der Waals surface area contributed by atoms with E-state index in [0.717, 1.165) is 17.9 Å². The molecule has 0 saturated carbocycles. The molecule has 0 amide bonds. The molecule has 1 aromatic rings. The van der Waals surface area contributed by atoms with Crippen LogP contribution in [0.25, 0.3) is 0 Å². The first-order valence-electron chi connectivity index (χ1n) is 3.03. The van der Waals surface area contributed by atoms with Crippen LogP contribution in [0.2, 0.25) is 0 Å². The first-order valence-corrected chi connectivity index (χ1v) is 3.03. The standard InChI is InChI=1S/C6H11N3/c1-3-9-4-6(7)5(2)8-9/h4H,3,7H2,1-2H3. The lowest BCUT2D eigenvalue weighted by Crippen LogP contribution is -1.93. The van der Waals surface area contributed by atoms with Crippen LogP contribution in [0.3, 0.4) is 0 Å². The van der Waals surface area contributed by atoms with E-state index in [4.69, 9.17) is 5.73 Å².